The van der Waals surface area contributed by atoms with Crippen molar-refractivity contribution >= 4 is 16.9 Å². The summed E-state index contributed by atoms with van der Waals surface area (Å²) in [7, 11) is 1.39. The van der Waals surface area contributed by atoms with Crippen molar-refractivity contribution in [3.8, 4) is 0 Å². The van der Waals surface area contributed by atoms with Gasteiger partial charge in [-0.15, -0.1) is 0 Å². The molecule has 0 amide bonds. The molecule has 0 aliphatic heterocycles. The van der Waals surface area contributed by atoms with Crippen molar-refractivity contribution in [1.29, 1.82) is 0 Å². The number of benzene rings is 1. The number of esters is 1. The molecule has 1 aromatic heterocycles. The first-order valence-electron chi connectivity index (χ1n) is 6.36. The molecule has 102 valence electrons. The zero-order valence-electron chi connectivity index (χ0n) is 11.7. The molecule has 0 fully saturated rings. The van der Waals surface area contributed by atoms with Gasteiger partial charge in [-0.1, -0.05) is 18.2 Å². The van der Waals surface area contributed by atoms with Crippen LogP contribution in [-0.2, 0) is 9.53 Å². The van der Waals surface area contributed by atoms with Gasteiger partial charge in [-0.2, -0.15) is 0 Å². The van der Waals surface area contributed by atoms with Crippen LogP contribution in [0.2, 0.25) is 0 Å². The van der Waals surface area contributed by atoms with E-state index in [-0.39, 0.29) is 18.1 Å². The Labute approximate surface area is 112 Å². The molecular formula is C15H19NO3. The third kappa shape index (κ3) is 2.63. The molecule has 0 bridgehead atoms. The zero-order valence-corrected chi connectivity index (χ0v) is 11.7. The molecule has 1 aromatic carbocycles. The van der Waals surface area contributed by atoms with E-state index in [1.807, 2.05) is 38.1 Å². The summed E-state index contributed by atoms with van der Waals surface area (Å²) in [4.78, 5) is 11.4. The van der Waals surface area contributed by atoms with Gasteiger partial charge in [0.05, 0.1) is 13.2 Å². The van der Waals surface area contributed by atoms with Gasteiger partial charge in [0, 0.05) is 5.39 Å². The smallest absolute Gasteiger partial charge is 0.322 e. The van der Waals surface area contributed by atoms with E-state index >= 15 is 0 Å². The van der Waals surface area contributed by atoms with E-state index in [0.717, 1.165) is 22.3 Å². The van der Waals surface area contributed by atoms with Crippen molar-refractivity contribution in [3.05, 3.63) is 35.6 Å². The largest absolute Gasteiger partial charge is 0.468 e. The van der Waals surface area contributed by atoms with E-state index in [9.17, 15) is 4.79 Å². The van der Waals surface area contributed by atoms with E-state index < -0.39 is 0 Å². The van der Waals surface area contributed by atoms with E-state index in [1.165, 1.54) is 7.11 Å². The maximum atomic E-state index is 11.4. The molecule has 2 unspecified atom stereocenters. The van der Waals surface area contributed by atoms with Crippen LogP contribution in [0.1, 0.15) is 31.2 Å². The molecule has 2 aromatic rings. The van der Waals surface area contributed by atoms with Crippen LogP contribution in [0, 0.1) is 6.92 Å². The number of ether oxygens (including phenoxy) is 1. The van der Waals surface area contributed by atoms with Gasteiger partial charge in [0.15, 0.2) is 0 Å². The molecule has 0 spiro atoms. The highest BCUT2D eigenvalue weighted by molar-refractivity contribution is 5.82. The quantitative estimate of drug-likeness (QED) is 0.860. The Bertz CT molecular complexity index is 588. The minimum absolute atomic E-state index is 0.0542. The second-order valence-electron chi connectivity index (χ2n) is 4.72. The van der Waals surface area contributed by atoms with Crippen LogP contribution in [-0.4, -0.2) is 19.1 Å². The summed E-state index contributed by atoms with van der Waals surface area (Å²) in [6.07, 6.45) is 0. The van der Waals surface area contributed by atoms with Gasteiger partial charge in [0.1, 0.15) is 17.4 Å². The predicted molar refractivity (Wildman–Crippen MR) is 74.0 cm³/mol. The Morgan fingerprint density at radius 3 is 2.63 bits per heavy atom. The standard InChI is InChI=1S/C15H19NO3/c1-9-12-7-5-6-8-13(12)19-14(9)10(2)16-11(3)15(17)18-4/h5-8,10-11,16H,1-4H3. The number of aryl methyl sites for hydroxylation is 1. The number of nitrogens with one attached hydrogen (secondary N) is 1. The van der Waals surface area contributed by atoms with Gasteiger partial charge in [0.2, 0.25) is 0 Å². The van der Waals surface area contributed by atoms with Gasteiger partial charge < -0.3 is 9.15 Å². The molecule has 4 heteroatoms. The maximum Gasteiger partial charge on any atom is 0.322 e. The molecule has 0 aliphatic carbocycles. The number of hydrogen-bond donors (Lipinski definition) is 1. The second-order valence-corrected chi connectivity index (χ2v) is 4.72. The van der Waals surface area contributed by atoms with Crippen molar-refractivity contribution < 1.29 is 13.9 Å². The minimum atomic E-state index is -0.368. The number of methoxy groups -OCH3 is 1. The predicted octanol–water partition coefficient (Wildman–Crippen LogP) is 2.95. The molecule has 0 saturated heterocycles. The average Bonchev–Trinajstić information content (AvgIpc) is 2.75. The van der Waals surface area contributed by atoms with Gasteiger partial charge in [-0.3, -0.25) is 10.1 Å². The summed E-state index contributed by atoms with van der Waals surface area (Å²) in [6.45, 7) is 5.78. The number of furan rings is 1. The lowest BCUT2D eigenvalue weighted by molar-refractivity contribution is -0.142. The van der Waals surface area contributed by atoms with Gasteiger partial charge in [-0.05, 0) is 32.4 Å². The van der Waals surface area contributed by atoms with Gasteiger partial charge in [0.25, 0.3) is 0 Å². The van der Waals surface area contributed by atoms with Crippen molar-refractivity contribution in [1.82, 2.24) is 5.32 Å². The minimum Gasteiger partial charge on any atom is -0.468 e. The highest BCUT2D eigenvalue weighted by Crippen LogP contribution is 2.29. The number of rotatable bonds is 4. The number of carbonyl (C=O) groups excluding carboxylic acids is 1. The summed E-state index contributed by atoms with van der Waals surface area (Å²) in [6, 6.07) is 7.50. The summed E-state index contributed by atoms with van der Waals surface area (Å²) in [5, 5.41) is 4.29. The Morgan fingerprint density at radius 2 is 2.00 bits per heavy atom. The Morgan fingerprint density at radius 1 is 1.32 bits per heavy atom. The fourth-order valence-corrected chi connectivity index (χ4v) is 2.30. The number of fused-ring (bicyclic) bond motifs is 1. The third-order valence-electron chi connectivity index (χ3n) is 3.33. The van der Waals surface area contributed by atoms with Crippen LogP contribution in [0.15, 0.2) is 28.7 Å². The summed E-state index contributed by atoms with van der Waals surface area (Å²) in [5.41, 5.74) is 1.97. The van der Waals surface area contributed by atoms with E-state index in [2.05, 4.69) is 5.32 Å². The van der Waals surface area contributed by atoms with Crippen molar-refractivity contribution in [2.75, 3.05) is 7.11 Å². The average molecular weight is 261 g/mol. The van der Waals surface area contributed by atoms with Crippen molar-refractivity contribution in [2.45, 2.75) is 32.9 Å². The number of hydrogen-bond acceptors (Lipinski definition) is 4. The number of carbonyl (C=O) groups is 1. The van der Waals surface area contributed by atoms with Crippen LogP contribution >= 0.6 is 0 Å². The zero-order chi connectivity index (χ0) is 14.0. The molecule has 0 aliphatic rings. The van der Waals surface area contributed by atoms with Gasteiger partial charge >= 0.3 is 5.97 Å². The molecule has 0 radical (unpaired) electrons. The fraction of sp³-hybridized carbons (Fsp3) is 0.400. The normalized spacial score (nSPS) is 14.3. The van der Waals surface area contributed by atoms with Gasteiger partial charge in [-0.25, -0.2) is 0 Å². The van der Waals surface area contributed by atoms with Crippen LogP contribution in [0.5, 0.6) is 0 Å². The molecule has 4 nitrogen and oxygen atoms in total. The van der Waals surface area contributed by atoms with E-state index in [0.29, 0.717) is 0 Å². The van der Waals surface area contributed by atoms with E-state index in [4.69, 9.17) is 9.15 Å². The lowest BCUT2D eigenvalue weighted by atomic mass is 10.1. The first-order chi connectivity index (χ1) is 9.04. The van der Waals surface area contributed by atoms with Crippen LogP contribution in [0.25, 0.3) is 11.0 Å². The summed E-state index contributed by atoms with van der Waals surface area (Å²) >= 11 is 0. The topological polar surface area (TPSA) is 51.5 Å². The molecule has 2 rings (SSSR count). The first-order valence-corrected chi connectivity index (χ1v) is 6.36. The van der Waals surface area contributed by atoms with Crippen LogP contribution in [0.4, 0.5) is 0 Å². The van der Waals surface area contributed by atoms with E-state index in [1.54, 1.807) is 6.92 Å². The SMILES string of the molecule is COC(=O)C(C)NC(C)c1oc2ccccc2c1C. The Hall–Kier alpha value is -1.81. The third-order valence-corrected chi connectivity index (χ3v) is 3.33. The molecule has 1 N–H and O–H groups in total. The first kappa shape index (κ1) is 13.6. The summed E-state index contributed by atoms with van der Waals surface area (Å²) < 4.78 is 10.6. The van der Waals surface area contributed by atoms with Crippen LogP contribution in [0.3, 0.4) is 0 Å². The maximum absolute atomic E-state index is 11.4. The second kappa shape index (κ2) is 5.45. The number of para-hydroxylation sites is 1. The highest BCUT2D eigenvalue weighted by Gasteiger charge is 2.21. The van der Waals surface area contributed by atoms with Crippen molar-refractivity contribution in [2.24, 2.45) is 0 Å². The summed E-state index contributed by atoms with van der Waals surface area (Å²) in [5.74, 6) is 0.581. The van der Waals surface area contributed by atoms with Crippen molar-refractivity contribution in [3.63, 3.8) is 0 Å². The highest BCUT2D eigenvalue weighted by atomic mass is 16.5. The van der Waals surface area contributed by atoms with Crippen LogP contribution < -0.4 is 5.32 Å². The molecule has 2 atom stereocenters. The monoisotopic (exact) mass is 261 g/mol. The lowest BCUT2D eigenvalue weighted by Gasteiger charge is -2.17. The molecule has 19 heavy (non-hydrogen) atoms. The molecule has 1 heterocycles. The fourth-order valence-electron chi connectivity index (χ4n) is 2.30. The molecular weight excluding hydrogens is 242 g/mol. The molecule has 0 saturated carbocycles. The Kier molecular flexibility index (Phi) is 3.90. The Balaban J connectivity index is 2.24. The lowest BCUT2D eigenvalue weighted by Crippen LogP contribution is -2.36.